The number of nitrogens with two attached hydrogens (primary N) is 1. The van der Waals surface area contributed by atoms with Crippen LogP contribution in [0.4, 0.5) is 0 Å². The molecule has 0 spiro atoms. The lowest BCUT2D eigenvalue weighted by Crippen LogP contribution is -2.54. The number of nitrogens with zero attached hydrogens (tertiary/aromatic N) is 1. The molecule has 0 atom stereocenters. The normalized spacial score (nSPS) is 19.5. The monoisotopic (exact) mass is 263 g/mol. The Balaban J connectivity index is 2.55. The van der Waals surface area contributed by atoms with Crippen molar-refractivity contribution in [2.24, 2.45) is 5.73 Å². The van der Waals surface area contributed by atoms with E-state index >= 15 is 0 Å². The summed E-state index contributed by atoms with van der Waals surface area (Å²) in [5.41, 5.74) is 5.36. The highest BCUT2D eigenvalue weighted by atomic mass is 32.2. The van der Waals surface area contributed by atoms with Gasteiger partial charge in [0.05, 0.1) is 18.3 Å². The summed E-state index contributed by atoms with van der Waals surface area (Å²) in [4.78, 5) is 11.7. The lowest BCUT2D eigenvalue weighted by atomic mass is 9.98. The summed E-state index contributed by atoms with van der Waals surface area (Å²) in [6, 6.07) is 0. The van der Waals surface area contributed by atoms with Crippen molar-refractivity contribution in [2.45, 2.75) is 31.2 Å². The van der Waals surface area contributed by atoms with Crippen molar-refractivity contribution in [3.8, 4) is 0 Å². The highest BCUT2D eigenvalue weighted by Crippen LogP contribution is 2.28. The van der Waals surface area contributed by atoms with Crippen LogP contribution in [0.1, 0.15) is 25.7 Å². The predicted molar refractivity (Wildman–Crippen MR) is 65.9 cm³/mol. The van der Waals surface area contributed by atoms with Crippen LogP contribution in [-0.2, 0) is 14.8 Å². The Bertz CT molecular complexity index is 374. The van der Waals surface area contributed by atoms with Crippen molar-refractivity contribution in [3.63, 3.8) is 0 Å². The number of nitrogens with one attached hydrogen (secondary N) is 1. The molecule has 0 aromatic heterocycles. The molecule has 0 saturated heterocycles. The lowest BCUT2D eigenvalue weighted by molar-refractivity contribution is -0.122. The number of rotatable bonds is 5. The number of carbonyl (C=O) groups is 1. The average molecular weight is 263 g/mol. The molecule has 1 aliphatic carbocycles. The van der Waals surface area contributed by atoms with Crippen molar-refractivity contribution in [1.82, 2.24) is 9.62 Å². The minimum Gasteiger partial charge on any atom is -0.348 e. The number of likely N-dealkylation sites (N-methyl/N-ethyl adjacent to an activating group) is 1. The van der Waals surface area contributed by atoms with Crippen LogP contribution in [0.2, 0.25) is 0 Å². The first-order valence-electron chi connectivity index (χ1n) is 5.71. The molecule has 0 bridgehead atoms. The van der Waals surface area contributed by atoms with Crippen LogP contribution >= 0.6 is 0 Å². The summed E-state index contributed by atoms with van der Waals surface area (Å²) in [5.74, 6) is -0.287. The standard InChI is InChI=1S/C10H21N3O3S/c1-13(17(2,15)16)7-9(14)12-10(8-11)5-3-4-6-10/h3-8,11H2,1-2H3,(H,12,14). The molecule has 1 amide bonds. The smallest absolute Gasteiger partial charge is 0.235 e. The molecule has 3 N–H and O–H groups in total. The van der Waals surface area contributed by atoms with Crippen LogP contribution in [0.5, 0.6) is 0 Å². The maximum atomic E-state index is 11.7. The van der Waals surface area contributed by atoms with Gasteiger partial charge in [-0.3, -0.25) is 4.79 Å². The molecule has 0 aromatic rings. The summed E-state index contributed by atoms with van der Waals surface area (Å²) in [6.07, 6.45) is 4.93. The number of amides is 1. The van der Waals surface area contributed by atoms with E-state index in [1.165, 1.54) is 7.05 Å². The van der Waals surface area contributed by atoms with Crippen molar-refractivity contribution in [2.75, 3.05) is 26.4 Å². The molecule has 1 saturated carbocycles. The Morgan fingerprint density at radius 1 is 1.41 bits per heavy atom. The minimum atomic E-state index is -3.32. The summed E-state index contributed by atoms with van der Waals surface area (Å²) in [7, 11) is -1.93. The van der Waals surface area contributed by atoms with Crippen LogP contribution in [-0.4, -0.2) is 50.6 Å². The molecule has 17 heavy (non-hydrogen) atoms. The summed E-state index contributed by atoms with van der Waals surface area (Å²) < 4.78 is 23.4. The fourth-order valence-electron chi connectivity index (χ4n) is 2.09. The first-order valence-corrected chi connectivity index (χ1v) is 7.56. The summed E-state index contributed by atoms with van der Waals surface area (Å²) >= 11 is 0. The fraction of sp³-hybridized carbons (Fsp3) is 0.900. The summed E-state index contributed by atoms with van der Waals surface area (Å²) in [5, 5.41) is 2.88. The SMILES string of the molecule is CN(CC(=O)NC1(CN)CCCC1)S(C)(=O)=O. The van der Waals surface area contributed by atoms with E-state index in [-0.39, 0.29) is 18.0 Å². The average Bonchev–Trinajstić information content (AvgIpc) is 2.65. The summed E-state index contributed by atoms with van der Waals surface area (Å²) in [6.45, 7) is 0.252. The zero-order valence-corrected chi connectivity index (χ0v) is 11.2. The minimum absolute atomic E-state index is 0.152. The largest absolute Gasteiger partial charge is 0.348 e. The second-order valence-electron chi connectivity index (χ2n) is 4.76. The van der Waals surface area contributed by atoms with Crippen LogP contribution in [0, 0.1) is 0 Å². The van der Waals surface area contributed by atoms with E-state index < -0.39 is 10.0 Å². The molecule has 6 nitrogen and oxygen atoms in total. The van der Waals surface area contributed by atoms with Gasteiger partial charge >= 0.3 is 0 Å². The van der Waals surface area contributed by atoms with E-state index in [0.717, 1.165) is 36.2 Å². The maximum Gasteiger partial charge on any atom is 0.235 e. The Hall–Kier alpha value is -0.660. The third kappa shape index (κ3) is 3.93. The molecule has 100 valence electrons. The number of carbonyl (C=O) groups excluding carboxylic acids is 1. The first kappa shape index (κ1) is 14.4. The Morgan fingerprint density at radius 2 is 1.94 bits per heavy atom. The van der Waals surface area contributed by atoms with Crippen LogP contribution in [0.3, 0.4) is 0 Å². The molecule has 0 radical (unpaired) electrons. The van der Waals surface area contributed by atoms with E-state index in [9.17, 15) is 13.2 Å². The topological polar surface area (TPSA) is 92.5 Å². The second-order valence-corrected chi connectivity index (χ2v) is 6.85. The van der Waals surface area contributed by atoms with Crippen molar-refractivity contribution in [3.05, 3.63) is 0 Å². The Morgan fingerprint density at radius 3 is 2.35 bits per heavy atom. The maximum absolute atomic E-state index is 11.7. The van der Waals surface area contributed by atoms with Gasteiger partial charge in [0, 0.05) is 13.6 Å². The van der Waals surface area contributed by atoms with E-state index in [0.29, 0.717) is 6.54 Å². The van der Waals surface area contributed by atoms with Crippen molar-refractivity contribution in [1.29, 1.82) is 0 Å². The lowest BCUT2D eigenvalue weighted by Gasteiger charge is -2.29. The van der Waals surface area contributed by atoms with Crippen LogP contribution in [0.15, 0.2) is 0 Å². The molecule has 1 aliphatic rings. The van der Waals surface area contributed by atoms with Gasteiger partial charge in [-0.15, -0.1) is 0 Å². The van der Waals surface area contributed by atoms with Crippen LogP contribution < -0.4 is 11.1 Å². The highest BCUT2D eigenvalue weighted by Gasteiger charge is 2.34. The van der Waals surface area contributed by atoms with E-state index in [1.807, 2.05) is 0 Å². The van der Waals surface area contributed by atoms with Gasteiger partial charge in [-0.05, 0) is 12.8 Å². The molecule has 0 heterocycles. The molecular formula is C10H21N3O3S. The van der Waals surface area contributed by atoms with Gasteiger partial charge in [0.1, 0.15) is 0 Å². The fourth-order valence-corrected chi connectivity index (χ4v) is 2.44. The second kappa shape index (κ2) is 5.32. The zero-order chi connectivity index (χ0) is 13.1. The first-order chi connectivity index (χ1) is 7.79. The van der Waals surface area contributed by atoms with Crippen LogP contribution in [0.25, 0.3) is 0 Å². The zero-order valence-electron chi connectivity index (χ0n) is 10.4. The number of sulfonamides is 1. The molecule has 0 unspecified atom stereocenters. The van der Waals surface area contributed by atoms with Gasteiger partial charge in [0.25, 0.3) is 0 Å². The molecule has 0 aliphatic heterocycles. The molecule has 0 aromatic carbocycles. The van der Waals surface area contributed by atoms with Gasteiger partial charge in [0.2, 0.25) is 15.9 Å². The highest BCUT2D eigenvalue weighted by molar-refractivity contribution is 7.88. The van der Waals surface area contributed by atoms with E-state index in [4.69, 9.17) is 5.73 Å². The molecule has 1 rings (SSSR count). The Labute approximate surface area is 103 Å². The van der Waals surface area contributed by atoms with Gasteiger partial charge < -0.3 is 11.1 Å². The van der Waals surface area contributed by atoms with E-state index in [1.54, 1.807) is 0 Å². The van der Waals surface area contributed by atoms with Gasteiger partial charge in [-0.25, -0.2) is 8.42 Å². The van der Waals surface area contributed by atoms with Crippen molar-refractivity contribution < 1.29 is 13.2 Å². The molecular weight excluding hydrogens is 242 g/mol. The van der Waals surface area contributed by atoms with Gasteiger partial charge in [-0.1, -0.05) is 12.8 Å². The molecule has 7 heteroatoms. The third-order valence-corrected chi connectivity index (χ3v) is 4.55. The third-order valence-electron chi connectivity index (χ3n) is 3.29. The molecule has 1 fully saturated rings. The Kier molecular flexibility index (Phi) is 4.51. The van der Waals surface area contributed by atoms with Gasteiger partial charge in [0.15, 0.2) is 0 Å². The number of hydrogen-bond donors (Lipinski definition) is 2. The predicted octanol–water partition coefficient (Wildman–Crippen LogP) is -0.734. The quantitative estimate of drug-likeness (QED) is 0.683. The van der Waals surface area contributed by atoms with E-state index in [2.05, 4.69) is 5.32 Å². The van der Waals surface area contributed by atoms with Gasteiger partial charge in [-0.2, -0.15) is 4.31 Å². The number of hydrogen-bond acceptors (Lipinski definition) is 4. The van der Waals surface area contributed by atoms with Crippen molar-refractivity contribution >= 4 is 15.9 Å².